The summed E-state index contributed by atoms with van der Waals surface area (Å²) >= 11 is 0. The molecular weight excluding hydrogens is 506 g/mol. The van der Waals surface area contributed by atoms with E-state index in [4.69, 9.17) is 15.6 Å². The number of nitrogens with zero attached hydrogens (tertiary/aromatic N) is 5. The number of rotatable bonds is 6. The van der Waals surface area contributed by atoms with Gasteiger partial charge in [0.25, 0.3) is 11.7 Å². The molecule has 3 aliphatic rings. The summed E-state index contributed by atoms with van der Waals surface area (Å²) in [6, 6.07) is 21.7. The van der Waals surface area contributed by atoms with E-state index >= 15 is 0 Å². The maximum absolute atomic E-state index is 13.1. The summed E-state index contributed by atoms with van der Waals surface area (Å²) in [7, 11) is 0. The van der Waals surface area contributed by atoms with Crippen LogP contribution >= 0.6 is 0 Å². The highest BCUT2D eigenvalue weighted by Crippen LogP contribution is 2.37. The Morgan fingerprint density at radius 1 is 1.05 bits per heavy atom. The van der Waals surface area contributed by atoms with Gasteiger partial charge in [-0.05, 0) is 54.8 Å². The quantitative estimate of drug-likeness (QED) is 0.360. The molecule has 1 aromatic heterocycles. The van der Waals surface area contributed by atoms with E-state index in [1.54, 1.807) is 60.0 Å². The number of allylic oxidation sites excluding steroid dienone is 1. The van der Waals surface area contributed by atoms with Gasteiger partial charge in [-0.25, -0.2) is 9.78 Å². The maximum Gasteiger partial charge on any atom is 0.410 e. The van der Waals surface area contributed by atoms with E-state index in [9.17, 15) is 9.59 Å². The number of hydrogen-bond acceptors (Lipinski definition) is 7. The third-order valence-electron chi connectivity index (χ3n) is 7.14. The molecular formula is C30H28N7O3+. The molecule has 1 saturated heterocycles. The molecule has 2 atom stereocenters. The van der Waals surface area contributed by atoms with Gasteiger partial charge >= 0.3 is 6.09 Å². The summed E-state index contributed by atoms with van der Waals surface area (Å²) in [6.45, 7) is 0.766. The van der Waals surface area contributed by atoms with Crippen molar-refractivity contribution in [1.82, 2.24) is 9.88 Å². The zero-order valence-corrected chi connectivity index (χ0v) is 21.7. The van der Waals surface area contributed by atoms with Crippen molar-refractivity contribution >= 4 is 29.9 Å². The number of likely N-dealkylation sites (tertiary alicyclic amines) is 1. The first kappa shape index (κ1) is 25.4. The molecule has 3 aromatic rings. The molecule has 2 unspecified atom stereocenters. The number of aromatic nitrogens is 1. The number of carbonyl (C=O) groups is 2. The second-order valence-electron chi connectivity index (χ2n) is 9.70. The number of pyridine rings is 1. The van der Waals surface area contributed by atoms with Gasteiger partial charge < -0.3 is 10.1 Å². The summed E-state index contributed by atoms with van der Waals surface area (Å²) < 4.78 is 5.46. The molecule has 0 spiro atoms. The van der Waals surface area contributed by atoms with E-state index < -0.39 is 0 Å². The number of nitrogens with two attached hydrogens (primary N) is 1. The van der Waals surface area contributed by atoms with Crippen LogP contribution < -0.4 is 11.2 Å². The fourth-order valence-corrected chi connectivity index (χ4v) is 5.12. The van der Waals surface area contributed by atoms with Crippen molar-refractivity contribution in [1.29, 1.82) is 0 Å². The smallest absolute Gasteiger partial charge is 0.410 e. The lowest BCUT2D eigenvalue weighted by Gasteiger charge is -2.27. The Morgan fingerprint density at radius 2 is 1.85 bits per heavy atom. The number of hydrogen-bond donors (Lipinski definition) is 2. The molecule has 1 fully saturated rings. The predicted molar refractivity (Wildman–Crippen MR) is 151 cm³/mol. The monoisotopic (exact) mass is 534 g/mol. The molecule has 6 rings (SSSR count). The Labute approximate surface area is 231 Å². The number of amides is 2. The number of anilines is 1. The number of quaternary nitrogens is 1. The van der Waals surface area contributed by atoms with Crippen molar-refractivity contribution in [3.05, 3.63) is 119 Å². The van der Waals surface area contributed by atoms with E-state index in [1.165, 1.54) is 0 Å². The Balaban J connectivity index is 1.24. The molecule has 0 saturated carbocycles. The Kier molecular flexibility index (Phi) is 6.77. The molecule has 200 valence electrons. The van der Waals surface area contributed by atoms with E-state index in [2.05, 4.69) is 15.3 Å². The van der Waals surface area contributed by atoms with Gasteiger partial charge in [-0.15, -0.1) is 4.59 Å². The van der Waals surface area contributed by atoms with Crippen molar-refractivity contribution in [2.24, 2.45) is 15.8 Å². The zero-order valence-electron chi connectivity index (χ0n) is 21.7. The highest BCUT2D eigenvalue weighted by Gasteiger charge is 2.48. The summed E-state index contributed by atoms with van der Waals surface area (Å²) in [4.78, 5) is 41.0. The molecule has 40 heavy (non-hydrogen) atoms. The Morgan fingerprint density at radius 3 is 2.62 bits per heavy atom. The normalized spacial score (nSPS) is 21.3. The van der Waals surface area contributed by atoms with Crippen molar-refractivity contribution in [2.75, 3.05) is 11.9 Å². The molecule has 2 amide bonds. The maximum atomic E-state index is 13.1. The summed E-state index contributed by atoms with van der Waals surface area (Å²) in [5.41, 5.74) is 3.54. The second kappa shape index (κ2) is 10.7. The van der Waals surface area contributed by atoms with Gasteiger partial charge in [-0.1, -0.05) is 36.4 Å². The van der Waals surface area contributed by atoms with E-state index in [0.717, 1.165) is 24.0 Å². The number of amidine groups is 1. The van der Waals surface area contributed by atoms with Crippen LogP contribution in [0.2, 0.25) is 0 Å². The van der Waals surface area contributed by atoms with Crippen LogP contribution in [-0.2, 0) is 11.3 Å². The first-order chi connectivity index (χ1) is 19.5. The number of fused-ring (bicyclic) bond motifs is 1. The summed E-state index contributed by atoms with van der Waals surface area (Å²) in [5, 5.41) is 2.79. The fourth-order valence-electron chi connectivity index (χ4n) is 5.12. The topological polar surface area (TPSA) is 122 Å². The highest BCUT2D eigenvalue weighted by molar-refractivity contribution is 6.05. The molecule has 3 aliphatic heterocycles. The Hall–Kier alpha value is -4.93. The van der Waals surface area contributed by atoms with E-state index in [-0.39, 0.29) is 29.2 Å². The van der Waals surface area contributed by atoms with Crippen LogP contribution in [0.4, 0.5) is 10.6 Å². The van der Waals surface area contributed by atoms with Crippen molar-refractivity contribution < 1.29 is 18.9 Å². The van der Waals surface area contributed by atoms with Crippen molar-refractivity contribution in [3.63, 3.8) is 0 Å². The molecule has 0 radical (unpaired) electrons. The fraction of sp³-hybridized carbons (Fsp3) is 0.167. The second-order valence-corrected chi connectivity index (χ2v) is 9.70. The van der Waals surface area contributed by atoms with Crippen molar-refractivity contribution in [3.8, 4) is 0 Å². The van der Waals surface area contributed by atoms with E-state index in [0.29, 0.717) is 35.2 Å². The van der Waals surface area contributed by atoms with Crippen LogP contribution in [0.25, 0.3) is 0 Å². The van der Waals surface area contributed by atoms with Gasteiger partial charge in [0.15, 0.2) is 0 Å². The van der Waals surface area contributed by atoms with Crippen LogP contribution in [0, 0.1) is 0 Å². The minimum absolute atomic E-state index is 0.179. The van der Waals surface area contributed by atoms with Crippen LogP contribution in [0.15, 0.2) is 113 Å². The molecule has 0 aliphatic carbocycles. The molecule has 2 aromatic carbocycles. The SMILES string of the molecule is N[N+]12C=CN=CC1=C(C1CCCN1C(=O)OCc1ccccc1)N=C2c1ccc(C(=O)Nc2ccccn2)cc1. The zero-order chi connectivity index (χ0) is 27.5. The van der Waals surface area contributed by atoms with Crippen molar-refractivity contribution in [2.45, 2.75) is 25.5 Å². The Bertz CT molecular complexity index is 1550. The minimum atomic E-state index is -0.384. The molecule has 10 nitrogen and oxygen atoms in total. The van der Waals surface area contributed by atoms with Gasteiger partial charge in [0, 0.05) is 18.3 Å². The average molecular weight is 535 g/mol. The summed E-state index contributed by atoms with van der Waals surface area (Å²) in [6.07, 6.45) is 7.89. The minimum Gasteiger partial charge on any atom is -0.445 e. The first-order valence-corrected chi connectivity index (χ1v) is 13.1. The van der Waals surface area contributed by atoms with Crippen LogP contribution in [0.3, 0.4) is 0 Å². The molecule has 3 N–H and O–H groups in total. The average Bonchev–Trinajstić information content (AvgIpc) is 3.59. The number of benzene rings is 2. The molecule has 4 heterocycles. The van der Waals surface area contributed by atoms with Crippen LogP contribution in [-0.4, -0.2) is 51.1 Å². The number of carbonyl (C=O) groups excluding carboxylic acids is 2. The number of nitrogens with one attached hydrogen (secondary N) is 1. The number of ether oxygens (including phenoxy) is 1. The lowest BCUT2D eigenvalue weighted by Crippen LogP contribution is -2.53. The van der Waals surface area contributed by atoms with Crippen LogP contribution in [0.5, 0.6) is 0 Å². The first-order valence-electron chi connectivity index (χ1n) is 13.1. The standard InChI is InChI=1S/C30H27N7O3/c31-37-18-16-32-19-25(37)27(24-9-6-17-36(24)30(39)40-20-21-7-2-1-3-8-21)35-28(37)22-11-13-23(14-12-22)29(38)34-26-10-4-5-15-33-26/h1-5,7-8,10-16,18-19,24H,6,9,17,20,31H2/p+1. The van der Waals surface area contributed by atoms with Gasteiger partial charge in [-0.3, -0.25) is 14.7 Å². The third kappa shape index (κ3) is 4.81. The lowest BCUT2D eigenvalue weighted by molar-refractivity contribution is -0.750. The summed E-state index contributed by atoms with van der Waals surface area (Å²) in [5.74, 6) is 7.69. The lowest BCUT2D eigenvalue weighted by atomic mass is 10.1. The third-order valence-corrected chi connectivity index (χ3v) is 7.14. The van der Waals surface area contributed by atoms with Gasteiger partial charge in [-0.2, -0.15) is 10.8 Å². The van der Waals surface area contributed by atoms with Gasteiger partial charge in [0.05, 0.1) is 24.0 Å². The highest BCUT2D eigenvalue weighted by atomic mass is 16.6. The molecule has 0 bridgehead atoms. The largest absolute Gasteiger partial charge is 0.445 e. The van der Waals surface area contributed by atoms with Gasteiger partial charge in [0.2, 0.25) is 5.70 Å². The van der Waals surface area contributed by atoms with E-state index in [1.807, 2.05) is 42.5 Å². The number of aliphatic imine (C=N–C) groups is 2. The predicted octanol–water partition coefficient (Wildman–Crippen LogP) is 4.35. The van der Waals surface area contributed by atoms with Gasteiger partial charge in [0.1, 0.15) is 24.3 Å². The van der Waals surface area contributed by atoms with Crippen LogP contribution in [0.1, 0.15) is 34.3 Å². The molecule has 10 heteroatoms.